The number of carbonyl (C=O) groups is 1. The smallest absolute Gasteiger partial charge is 0.237 e. The van der Waals surface area contributed by atoms with Crippen molar-refractivity contribution >= 4 is 40.2 Å². The number of aromatic nitrogens is 4. The molecule has 0 aliphatic carbocycles. The van der Waals surface area contributed by atoms with Gasteiger partial charge in [-0.25, -0.2) is 10.1 Å². The molecule has 136 valence electrons. The number of fused-ring (bicyclic) bond motifs is 4. The molecule has 0 radical (unpaired) electrons. The largest absolute Gasteiger partial charge is 0.309 e. The molecule has 0 spiro atoms. The standard InChI is InChI=1S/C20H19N5OS/c1-13-10-11-14-6-2-4-8-16(14)24(13)18(26)12-27-20-23-22-19-21-15-7-3-5-9-17(15)25(19)20/h2-9,13H,10-12H2,1H3,(H,21,22). The molecule has 0 bridgehead atoms. The van der Waals surface area contributed by atoms with Crippen LogP contribution in [0.5, 0.6) is 0 Å². The minimum Gasteiger partial charge on any atom is -0.309 e. The highest BCUT2D eigenvalue weighted by molar-refractivity contribution is 7.99. The van der Waals surface area contributed by atoms with Crippen molar-refractivity contribution in [2.24, 2.45) is 0 Å². The van der Waals surface area contributed by atoms with Gasteiger partial charge in [0.25, 0.3) is 0 Å². The summed E-state index contributed by atoms with van der Waals surface area (Å²) in [6.07, 6.45) is 2.02. The number of imidazole rings is 1. The summed E-state index contributed by atoms with van der Waals surface area (Å²) in [5.41, 5.74) is 4.20. The van der Waals surface area contributed by atoms with Crippen LogP contribution in [0.2, 0.25) is 0 Å². The van der Waals surface area contributed by atoms with Crippen molar-refractivity contribution in [1.82, 2.24) is 19.6 Å². The van der Waals surface area contributed by atoms with E-state index in [0.29, 0.717) is 11.5 Å². The monoisotopic (exact) mass is 377 g/mol. The van der Waals surface area contributed by atoms with Crippen LogP contribution in [0.3, 0.4) is 0 Å². The topological polar surface area (TPSA) is 66.3 Å². The Morgan fingerprint density at radius 3 is 2.96 bits per heavy atom. The highest BCUT2D eigenvalue weighted by Crippen LogP contribution is 2.31. The van der Waals surface area contributed by atoms with Crippen LogP contribution in [0.25, 0.3) is 16.8 Å². The summed E-state index contributed by atoms with van der Waals surface area (Å²) in [6.45, 7) is 2.12. The molecule has 1 aliphatic rings. The zero-order valence-corrected chi connectivity index (χ0v) is 15.7. The molecule has 5 rings (SSSR count). The summed E-state index contributed by atoms with van der Waals surface area (Å²) in [5.74, 6) is 1.15. The maximum atomic E-state index is 13.0. The first kappa shape index (κ1) is 16.4. The molecule has 0 fully saturated rings. The fraction of sp³-hybridized carbons (Fsp3) is 0.250. The van der Waals surface area contributed by atoms with Crippen LogP contribution in [0.15, 0.2) is 53.7 Å². The first-order valence-corrected chi connectivity index (χ1v) is 10.1. The van der Waals surface area contributed by atoms with Gasteiger partial charge in [0.15, 0.2) is 5.16 Å². The normalized spacial score (nSPS) is 16.8. The lowest BCUT2D eigenvalue weighted by molar-refractivity contribution is -0.116. The van der Waals surface area contributed by atoms with Crippen molar-refractivity contribution < 1.29 is 4.79 Å². The van der Waals surface area contributed by atoms with E-state index < -0.39 is 0 Å². The molecule has 3 heterocycles. The van der Waals surface area contributed by atoms with Crippen LogP contribution in [-0.4, -0.2) is 37.3 Å². The van der Waals surface area contributed by atoms with E-state index in [-0.39, 0.29) is 11.9 Å². The Labute approximate surface area is 160 Å². The van der Waals surface area contributed by atoms with Gasteiger partial charge in [0, 0.05) is 11.7 Å². The molecule has 4 aromatic rings. The Bertz CT molecular complexity index is 1150. The molecule has 1 unspecified atom stereocenters. The predicted molar refractivity (Wildman–Crippen MR) is 107 cm³/mol. The highest BCUT2D eigenvalue weighted by atomic mass is 32.2. The van der Waals surface area contributed by atoms with E-state index in [4.69, 9.17) is 0 Å². The molecular formula is C20H19N5OS. The van der Waals surface area contributed by atoms with Gasteiger partial charge < -0.3 is 4.90 Å². The van der Waals surface area contributed by atoms with Crippen LogP contribution in [0.1, 0.15) is 18.9 Å². The second kappa shape index (κ2) is 6.42. The van der Waals surface area contributed by atoms with Crippen molar-refractivity contribution in [2.75, 3.05) is 10.7 Å². The molecule has 0 saturated heterocycles. The summed E-state index contributed by atoms with van der Waals surface area (Å²) in [4.78, 5) is 19.5. The third-order valence-electron chi connectivity index (χ3n) is 5.12. The number of aryl methyl sites for hydroxylation is 1. The van der Waals surface area contributed by atoms with Crippen molar-refractivity contribution in [2.45, 2.75) is 31.0 Å². The first-order chi connectivity index (χ1) is 13.2. The number of hydrogen-bond acceptors (Lipinski definition) is 4. The summed E-state index contributed by atoms with van der Waals surface area (Å²) in [5, 5.41) is 8.07. The van der Waals surface area contributed by atoms with E-state index in [0.717, 1.165) is 34.7 Å². The fourth-order valence-corrected chi connectivity index (χ4v) is 4.62. The zero-order chi connectivity index (χ0) is 18.4. The Balaban J connectivity index is 1.42. The second-order valence-electron chi connectivity index (χ2n) is 6.83. The summed E-state index contributed by atoms with van der Waals surface area (Å²) < 4.78 is 1.97. The third kappa shape index (κ3) is 2.70. The van der Waals surface area contributed by atoms with Crippen LogP contribution < -0.4 is 4.90 Å². The number of thioether (sulfide) groups is 1. The first-order valence-electron chi connectivity index (χ1n) is 9.06. The lowest BCUT2D eigenvalue weighted by atomic mass is 9.97. The SMILES string of the molecule is CC1CCc2ccccc2N1C(=O)CSc1n[nH]c2nc3ccccc3n12. The van der Waals surface area contributed by atoms with Gasteiger partial charge in [-0.2, -0.15) is 0 Å². The number of aromatic amines is 1. The van der Waals surface area contributed by atoms with Gasteiger partial charge >= 0.3 is 0 Å². The minimum absolute atomic E-state index is 0.111. The zero-order valence-electron chi connectivity index (χ0n) is 14.9. The number of carbonyl (C=O) groups excluding carboxylic acids is 1. The number of benzene rings is 2. The van der Waals surface area contributed by atoms with E-state index in [9.17, 15) is 4.79 Å². The Morgan fingerprint density at radius 2 is 2.04 bits per heavy atom. The van der Waals surface area contributed by atoms with E-state index >= 15 is 0 Å². The van der Waals surface area contributed by atoms with Crippen LogP contribution in [-0.2, 0) is 11.2 Å². The molecule has 2 aromatic carbocycles. The second-order valence-corrected chi connectivity index (χ2v) is 7.78. The fourth-order valence-electron chi connectivity index (χ4n) is 3.80. The summed E-state index contributed by atoms with van der Waals surface area (Å²) in [6, 6.07) is 16.3. The van der Waals surface area contributed by atoms with Gasteiger partial charge in [0.05, 0.1) is 16.8 Å². The number of nitrogens with zero attached hydrogens (tertiary/aromatic N) is 4. The predicted octanol–water partition coefficient (Wildman–Crippen LogP) is 3.67. The molecule has 0 saturated carbocycles. The Morgan fingerprint density at radius 1 is 1.22 bits per heavy atom. The molecule has 1 amide bonds. The summed E-state index contributed by atoms with van der Waals surface area (Å²) in [7, 11) is 0. The van der Waals surface area contributed by atoms with E-state index in [1.54, 1.807) is 0 Å². The van der Waals surface area contributed by atoms with Crippen molar-refractivity contribution in [3.05, 3.63) is 54.1 Å². The molecule has 27 heavy (non-hydrogen) atoms. The Kier molecular flexibility index (Phi) is 3.89. The minimum atomic E-state index is 0.111. The quantitative estimate of drug-likeness (QED) is 0.553. The highest BCUT2D eigenvalue weighted by Gasteiger charge is 2.28. The number of nitrogens with one attached hydrogen (secondary N) is 1. The van der Waals surface area contributed by atoms with Crippen LogP contribution >= 0.6 is 11.8 Å². The van der Waals surface area contributed by atoms with E-state index in [1.165, 1.54) is 17.3 Å². The molecule has 7 heteroatoms. The lowest BCUT2D eigenvalue weighted by Gasteiger charge is -2.35. The van der Waals surface area contributed by atoms with E-state index in [2.05, 4.69) is 28.2 Å². The lowest BCUT2D eigenvalue weighted by Crippen LogP contribution is -2.43. The van der Waals surface area contributed by atoms with Gasteiger partial charge in [-0.1, -0.05) is 42.1 Å². The van der Waals surface area contributed by atoms with Gasteiger partial charge in [-0.15, -0.1) is 5.10 Å². The molecular weight excluding hydrogens is 358 g/mol. The number of para-hydroxylation sites is 3. The van der Waals surface area contributed by atoms with Gasteiger partial charge in [-0.05, 0) is 43.5 Å². The average Bonchev–Trinajstić information content (AvgIpc) is 3.25. The van der Waals surface area contributed by atoms with Gasteiger partial charge in [0.1, 0.15) is 0 Å². The number of amides is 1. The third-order valence-corrected chi connectivity index (χ3v) is 6.04. The molecule has 1 aliphatic heterocycles. The van der Waals surface area contributed by atoms with Crippen molar-refractivity contribution in [3.8, 4) is 0 Å². The Hall–Kier alpha value is -2.80. The molecule has 2 aromatic heterocycles. The van der Waals surface area contributed by atoms with Gasteiger partial charge in [-0.3, -0.25) is 9.20 Å². The maximum Gasteiger partial charge on any atom is 0.237 e. The van der Waals surface area contributed by atoms with Crippen molar-refractivity contribution in [3.63, 3.8) is 0 Å². The molecule has 1 atom stereocenters. The van der Waals surface area contributed by atoms with Crippen molar-refractivity contribution in [1.29, 1.82) is 0 Å². The average molecular weight is 377 g/mol. The summed E-state index contributed by atoms with van der Waals surface area (Å²) >= 11 is 1.44. The van der Waals surface area contributed by atoms with Crippen LogP contribution in [0, 0.1) is 0 Å². The van der Waals surface area contributed by atoms with Gasteiger partial charge in [0.2, 0.25) is 11.7 Å². The number of hydrogen-bond donors (Lipinski definition) is 1. The molecule has 1 N–H and O–H groups in total. The maximum absolute atomic E-state index is 13.0. The number of rotatable bonds is 3. The molecule has 6 nitrogen and oxygen atoms in total. The van der Waals surface area contributed by atoms with Crippen LogP contribution in [0.4, 0.5) is 5.69 Å². The number of anilines is 1. The number of H-pyrrole nitrogens is 1. The van der Waals surface area contributed by atoms with E-state index in [1.807, 2.05) is 51.8 Å².